The van der Waals surface area contributed by atoms with E-state index in [1.165, 1.54) is 23.9 Å². The number of amides is 1. The third-order valence-corrected chi connectivity index (χ3v) is 4.13. The number of nitrogens with zero attached hydrogens (tertiary/aromatic N) is 2. The third kappa shape index (κ3) is 4.33. The van der Waals surface area contributed by atoms with Crippen LogP contribution < -0.4 is 5.32 Å². The van der Waals surface area contributed by atoms with Gasteiger partial charge in [-0.2, -0.15) is 16.9 Å². The van der Waals surface area contributed by atoms with Gasteiger partial charge in [-0.15, -0.1) is 0 Å². The Bertz CT molecular complexity index is 700. The van der Waals surface area contributed by atoms with Crippen LogP contribution in [0.1, 0.15) is 28.4 Å². The molecule has 7 heteroatoms. The van der Waals surface area contributed by atoms with Gasteiger partial charge in [0.1, 0.15) is 11.4 Å². The molecule has 0 aliphatic rings. The normalized spacial score (nSPS) is 13.6. The minimum atomic E-state index is -1.23. The van der Waals surface area contributed by atoms with Crippen LogP contribution in [0.2, 0.25) is 0 Å². The van der Waals surface area contributed by atoms with Crippen LogP contribution in [-0.4, -0.2) is 33.6 Å². The topological polar surface area (TPSA) is 67.2 Å². The number of thioether (sulfide) groups is 1. The van der Waals surface area contributed by atoms with Crippen LogP contribution in [0.25, 0.3) is 0 Å². The summed E-state index contributed by atoms with van der Waals surface area (Å²) in [6.45, 7) is 1.64. The predicted molar refractivity (Wildman–Crippen MR) is 88.7 cm³/mol. The molecule has 1 aromatic carbocycles. The lowest BCUT2D eigenvalue weighted by atomic mass is 9.99. The van der Waals surface area contributed by atoms with Gasteiger partial charge in [-0.3, -0.25) is 9.48 Å². The standard InChI is InChI=1S/C16H20FN3O2S/c1-16(22,13-7-19-20(2)8-13)10-18-15(21)11-4-5-14(17)12(6-11)9-23-3/h4-8,22H,9-10H2,1-3H3,(H,18,21). The van der Waals surface area contributed by atoms with Gasteiger partial charge in [-0.1, -0.05) is 0 Å². The van der Waals surface area contributed by atoms with Gasteiger partial charge in [-0.25, -0.2) is 4.39 Å². The molecule has 5 nitrogen and oxygen atoms in total. The van der Waals surface area contributed by atoms with Gasteiger partial charge < -0.3 is 10.4 Å². The number of hydrogen-bond acceptors (Lipinski definition) is 4. The summed E-state index contributed by atoms with van der Waals surface area (Å²) in [5.41, 5.74) is 0.246. The van der Waals surface area contributed by atoms with Crippen molar-refractivity contribution in [3.05, 3.63) is 53.1 Å². The lowest BCUT2D eigenvalue weighted by Gasteiger charge is -2.22. The van der Waals surface area contributed by atoms with E-state index in [9.17, 15) is 14.3 Å². The van der Waals surface area contributed by atoms with Crippen molar-refractivity contribution < 1.29 is 14.3 Å². The lowest BCUT2D eigenvalue weighted by Crippen LogP contribution is -2.38. The summed E-state index contributed by atoms with van der Waals surface area (Å²) in [5, 5.41) is 17.1. The number of carbonyl (C=O) groups excluding carboxylic acids is 1. The highest BCUT2D eigenvalue weighted by Gasteiger charge is 2.25. The summed E-state index contributed by atoms with van der Waals surface area (Å²) < 4.78 is 15.2. The second-order valence-corrected chi connectivity index (χ2v) is 6.46. The summed E-state index contributed by atoms with van der Waals surface area (Å²) >= 11 is 1.49. The summed E-state index contributed by atoms with van der Waals surface area (Å²) in [6, 6.07) is 4.27. The van der Waals surface area contributed by atoms with Crippen LogP contribution in [0.5, 0.6) is 0 Å². The highest BCUT2D eigenvalue weighted by molar-refractivity contribution is 7.97. The smallest absolute Gasteiger partial charge is 0.251 e. The first-order valence-electron chi connectivity index (χ1n) is 7.10. The summed E-state index contributed by atoms with van der Waals surface area (Å²) in [5.74, 6) is -0.171. The largest absolute Gasteiger partial charge is 0.383 e. The van der Waals surface area contributed by atoms with Crippen LogP contribution in [0, 0.1) is 5.82 Å². The highest BCUT2D eigenvalue weighted by Crippen LogP contribution is 2.19. The number of hydrogen-bond donors (Lipinski definition) is 2. The van der Waals surface area contributed by atoms with E-state index in [1.54, 1.807) is 37.1 Å². The van der Waals surface area contributed by atoms with Crippen molar-refractivity contribution in [2.45, 2.75) is 18.3 Å². The van der Waals surface area contributed by atoms with E-state index in [0.717, 1.165) is 0 Å². The Labute approximate surface area is 138 Å². The number of benzene rings is 1. The van der Waals surface area contributed by atoms with Gasteiger partial charge >= 0.3 is 0 Å². The van der Waals surface area contributed by atoms with Crippen molar-refractivity contribution in [3.8, 4) is 0 Å². The summed E-state index contributed by atoms with van der Waals surface area (Å²) in [7, 11) is 1.75. The first-order valence-corrected chi connectivity index (χ1v) is 8.50. The molecule has 2 aromatic rings. The summed E-state index contributed by atoms with van der Waals surface area (Å²) in [6.07, 6.45) is 5.12. The number of carbonyl (C=O) groups is 1. The number of rotatable bonds is 6. The van der Waals surface area contributed by atoms with Crippen molar-refractivity contribution in [2.75, 3.05) is 12.8 Å². The maximum absolute atomic E-state index is 13.6. The van der Waals surface area contributed by atoms with Crippen molar-refractivity contribution in [1.29, 1.82) is 0 Å². The fourth-order valence-corrected chi connectivity index (χ4v) is 2.67. The van der Waals surface area contributed by atoms with E-state index in [0.29, 0.717) is 22.4 Å². The molecule has 0 saturated heterocycles. The minimum Gasteiger partial charge on any atom is -0.383 e. The zero-order chi connectivity index (χ0) is 17.0. The van der Waals surface area contributed by atoms with Gasteiger partial charge in [0, 0.05) is 30.1 Å². The molecule has 0 fully saturated rings. The molecule has 23 heavy (non-hydrogen) atoms. The molecule has 1 aromatic heterocycles. The fraction of sp³-hybridized carbons (Fsp3) is 0.375. The average Bonchev–Trinajstić information content (AvgIpc) is 2.95. The molecule has 0 radical (unpaired) electrons. The van der Waals surface area contributed by atoms with E-state index in [4.69, 9.17) is 0 Å². The van der Waals surface area contributed by atoms with E-state index in [2.05, 4.69) is 10.4 Å². The SMILES string of the molecule is CSCc1cc(C(=O)NCC(C)(O)c2cnn(C)c2)ccc1F. The Kier molecular flexibility index (Phi) is 5.43. The Hall–Kier alpha value is -1.86. The predicted octanol–water partition coefficient (Wildman–Crippen LogP) is 2.06. The quantitative estimate of drug-likeness (QED) is 0.847. The molecule has 1 unspecified atom stereocenters. The molecule has 1 amide bonds. The Morgan fingerprint density at radius 1 is 1.52 bits per heavy atom. The van der Waals surface area contributed by atoms with Crippen LogP contribution in [0.4, 0.5) is 4.39 Å². The van der Waals surface area contributed by atoms with Gasteiger partial charge in [-0.05, 0) is 36.9 Å². The Balaban J connectivity index is 2.06. The van der Waals surface area contributed by atoms with Crippen molar-refractivity contribution in [3.63, 3.8) is 0 Å². The van der Waals surface area contributed by atoms with Gasteiger partial charge in [0.2, 0.25) is 0 Å². The number of nitrogens with one attached hydrogen (secondary N) is 1. The maximum atomic E-state index is 13.6. The zero-order valence-electron chi connectivity index (χ0n) is 13.3. The molecule has 0 spiro atoms. The minimum absolute atomic E-state index is 0.0345. The van der Waals surface area contributed by atoms with E-state index in [1.807, 2.05) is 6.26 Å². The van der Waals surface area contributed by atoms with Crippen molar-refractivity contribution >= 4 is 17.7 Å². The van der Waals surface area contributed by atoms with Crippen LogP contribution in [0.3, 0.4) is 0 Å². The van der Waals surface area contributed by atoms with Gasteiger partial charge in [0.25, 0.3) is 5.91 Å². The second kappa shape index (κ2) is 7.14. The second-order valence-electron chi connectivity index (χ2n) is 5.60. The first-order chi connectivity index (χ1) is 10.8. The molecule has 0 aliphatic carbocycles. The van der Waals surface area contributed by atoms with Crippen LogP contribution in [0.15, 0.2) is 30.6 Å². The van der Waals surface area contributed by atoms with Crippen molar-refractivity contribution in [1.82, 2.24) is 15.1 Å². The van der Waals surface area contributed by atoms with Crippen LogP contribution in [-0.2, 0) is 18.4 Å². The van der Waals surface area contributed by atoms with Gasteiger partial charge in [0.15, 0.2) is 0 Å². The number of halogens is 1. The molecule has 0 bridgehead atoms. The van der Waals surface area contributed by atoms with E-state index in [-0.39, 0.29) is 18.3 Å². The zero-order valence-corrected chi connectivity index (χ0v) is 14.2. The molecule has 124 valence electrons. The first kappa shape index (κ1) is 17.5. The van der Waals surface area contributed by atoms with Crippen LogP contribution >= 0.6 is 11.8 Å². The van der Waals surface area contributed by atoms with E-state index >= 15 is 0 Å². The Morgan fingerprint density at radius 2 is 2.26 bits per heavy atom. The number of aliphatic hydroxyl groups is 1. The Morgan fingerprint density at radius 3 is 2.87 bits per heavy atom. The molecule has 0 aliphatic heterocycles. The molecular weight excluding hydrogens is 317 g/mol. The monoisotopic (exact) mass is 337 g/mol. The molecule has 2 rings (SSSR count). The summed E-state index contributed by atoms with van der Waals surface area (Å²) in [4.78, 5) is 12.2. The lowest BCUT2D eigenvalue weighted by molar-refractivity contribution is 0.0526. The van der Waals surface area contributed by atoms with Crippen molar-refractivity contribution in [2.24, 2.45) is 7.05 Å². The fourth-order valence-electron chi connectivity index (χ4n) is 2.14. The molecule has 1 heterocycles. The van der Waals surface area contributed by atoms with E-state index < -0.39 is 5.60 Å². The molecular formula is C16H20FN3O2S. The number of aryl methyl sites for hydroxylation is 1. The maximum Gasteiger partial charge on any atom is 0.251 e. The highest BCUT2D eigenvalue weighted by atomic mass is 32.2. The molecule has 2 N–H and O–H groups in total. The molecule has 1 atom stereocenters. The molecule has 0 saturated carbocycles. The third-order valence-electron chi connectivity index (χ3n) is 3.53. The average molecular weight is 337 g/mol. The number of aromatic nitrogens is 2. The van der Waals surface area contributed by atoms with Gasteiger partial charge in [0.05, 0.1) is 12.7 Å².